The second kappa shape index (κ2) is 21.2. The van der Waals surface area contributed by atoms with Crippen molar-refractivity contribution in [2.45, 2.75) is 19.4 Å². The summed E-state index contributed by atoms with van der Waals surface area (Å²) in [5.74, 6) is 0. The van der Waals surface area contributed by atoms with E-state index in [0.717, 1.165) is 5.56 Å². The second-order valence-corrected chi connectivity index (χ2v) is 3.40. The molecule has 0 heterocycles. The SMILES string of the molecule is C[CH][CH][CH][CH][C@@](C)(O)c1ccccc1.[C-]#[O+].[C-]#[O+].[C-]#[O+].[Fe]. The Bertz CT molecular complexity index is 355. The summed E-state index contributed by atoms with van der Waals surface area (Å²) in [4.78, 5) is 0. The van der Waals surface area contributed by atoms with Crippen molar-refractivity contribution in [3.05, 3.63) is 81.5 Å². The van der Waals surface area contributed by atoms with E-state index in [9.17, 15) is 5.11 Å². The molecule has 0 aliphatic carbocycles. The molecule has 5 heteroatoms. The zero-order chi connectivity index (χ0) is 16.4. The molecule has 0 saturated heterocycles. The van der Waals surface area contributed by atoms with E-state index in [1.54, 1.807) is 13.3 Å². The number of benzene rings is 1. The molecule has 1 aromatic rings. The first-order chi connectivity index (χ1) is 9.67. The molecule has 21 heavy (non-hydrogen) atoms. The van der Waals surface area contributed by atoms with Crippen LogP contribution in [-0.2, 0) is 36.6 Å². The Morgan fingerprint density at radius 2 is 1.38 bits per heavy atom. The Hall–Kier alpha value is -1.08. The van der Waals surface area contributed by atoms with Gasteiger partial charge in [0.15, 0.2) is 0 Å². The summed E-state index contributed by atoms with van der Waals surface area (Å²) in [7, 11) is 0. The molecular formula is C16H16FeO4. The Labute approximate surface area is 137 Å². The molecule has 1 rings (SSSR count). The van der Waals surface area contributed by atoms with Crippen LogP contribution in [0.5, 0.6) is 0 Å². The van der Waals surface area contributed by atoms with Gasteiger partial charge in [-0.15, -0.1) is 0 Å². The van der Waals surface area contributed by atoms with Crippen LogP contribution in [0.1, 0.15) is 19.4 Å². The van der Waals surface area contributed by atoms with Crippen molar-refractivity contribution in [1.29, 1.82) is 0 Å². The minimum Gasteiger partial charge on any atom is 0 e. The standard InChI is InChI=1S/C13H16O.3CO.Fe/c1-3-4-8-11-13(2,14)12-9-6-5-7-10-12;3*1-2;/h3-11,14H,1-2H3;;;;/t13-;;;;/m1..../s1. The second-order valence-electron chi connectivity index (χ2n) is 3.40. The molecule has 0 spiro atoms. The molecule has 0 aliphatic heterocycles. The van der Waals surface area contributed by atoms with Crippen LogP contribution in [-0.4, -0.2) is 5.11 Å². The van der Waals surface area contributed by atoms with Crippen LogP contribution in [0.15, 0.2) is 30.3 Å². The van der Waals surface area contributed by atoms with E-state index in [4.69, 9.17) is 14.0 Å². The molecule has 1 N–H and O–H groups in total. The third-order valence-electron chi connectivity index (χ3n) is 2.08. The van der Waals surface area contributed by atoms with Crippen molar-refractivity contribution in [3.63, 3.8) is 0 Å². The van der Waals surface area contributed by atoms with E-state index >= 15 is 0 Å². The van der Waals surface area contributed by atoms with Crippen LogP contribution < -0.4 is 0 Å². The fraction of sp³-hybridized carbons (Fsp3) is 0.188. The van der Waals surface area contributed by atoms with Gasteiger partial charge in [0, 0.05) is 23.5 Å². The zero-order valence-electron chi connectivity index (χ0n) is 11.7. The van der Waals surface area contributed by atoms with Crippen molar-refractivity contribution >= 4 is 0 Å². The molecule has 0 fully saturated rings. The Kier molecular flexibility index (Phi) is 28.4. The molecule has 112 valence electrons. The van der Waals surface area contributed by atoms with Crippen LogP contribution in [0.2, 0.25) is 0 Å². The topological polar surface area (TPSA) is 79.9 Å². The van der Waals surface area contributed by atoms with Gasteiger partial charge < -0.3 is 5.11 Å². The van der Waals surface area contributed by atoms with Crippen LogP contribution in [0, 0.1) is 45.6 Å². The van der Waals surface area contributed by atoms with Gasteiger partial charge >= 0.3 is 33.9 Å². The predicted octanol–water partition coefficient (Wildman–Crippen LogP) is 2.62. The molecule has 0 saturated carbocycles. The molecule has 0 amide bonds. The summed E-state index contributed by atoms with van der Waals surface area (Å²) in [6.45, 7) is 17.2. The van der Waals surface area contributed by atoms with Gasteiger partial charge in [0.2, 0.25) is 0 Å². The van der Waals surface area contributed by atoms with Crippen molar-refractivity contribution in [1.82, 2.24) is 0 Å². The van der Waals surface area contributed by atoms with Crippen LogP contribution in [0.3, 0.4) is 0 Å². The minimum absolute atomic E-state index is 0. The molecule has 4 radical (unpaired) electrons. The third-order valence-corrected chi connectivity index (χ3v) is 2.08. The normalized spacial score (nSPS) is 10.3. The smallest absolute Gasteiger partial charge is 0 e. The van der Waals surface area contributed by atoms with Crippen molar-refractivity contribution in [2.75, 3.05) is 0 Å². The first-order valence-corrected chi connectivity index (χ1v) is 5.36. The molecule has 4 nitrogen and oxygen atoms in total. The molecular weight excluding hydrogens is 312 g/mol. The average molecular weight is 328 g/mol. The minimum atomic E-state index is -0.888. The number of hydrogen-bond acceptors (Lipinski definition) is 1. The molecule has 1 aromatic carbocycles. The number of rotatable bonds is 5. The quantitative estimate of drug-likeness (QED) is 0.383. The van der Waals surface area contributed by atoms with Gasteiger partial charge in [-0.25, -0.2) is 0 Å². The van der Waals surface area contributed by atoms with E-state index in [1.807, 2.05) is 56.5 Å². The first kappa shape index (κ1) is 28.1. The number of hydrogen-bond donors (Lipinski definition) is 1. The van der Waals surface area contributed by atoms with Gasteiger partial charge in [0.05, 0.1) is 5.60 Å². The zero-order valence-corrected chi connectivity index (χ0v) is 12.8. The average Bonchev–Trinajstić information content (AvgIpc) is 2.54. The summed E-state index contributed by atoms with van der Waals surface area (Å²) in [6.07, 6.45) is 7.46. The van der Waals surface area contributed by atoms with Crippen LogP contribution in [0.4, 0.5) is 0 Å². The van der Waals surface area contributed by atoms with Gasteiger partial charge in [-0.3, -0.25) is 0 Å². The molecule has 0 bridgehead atoms. The van der Waals surface area contributed by atoms with Crippen LogP contribution in [0.25, 0.3) is 0 Å². The van der Waals surface area contributed by atoms with Gasteiger partial charge in [-0.2, -0.15) is 0 Å². The van der Waals surface area contributed by atoms with Gasteiger partial charge in [0.25, 0.3) is 0 Å². The van der Waals surface area contributed by atoms with E-state index in [-0.39, 0.29) is 17.1 Å². The summed E-state index contributed by atoms with van der Waals surface area (Å²) in [5, 5.41) is 10.1. The Balaban J connectivity index is -0.000000183. The number of aliphatic hydroxyl groups is 1. The van der Waals surface area contributed by atoms with E-state index in [1.165, 1.54) is 0 Å². The number of unbranched alkanes of at least 4 members (excludes halogenated alkanes) is 2. The summed E-state index contributed by atoms with van der Waals surface area (Å²) in [6, 6.07) is 9.62. The summed E-state index contributed by atoms with van der Waals surface area (Å²) >= 11 is 0. The van der Waals surface area contributed by atoms with E-state index in [0.29, 0.717) is 0 Å². The molecule has 0 aliphatic rings. The Morgan fingerprint density at radius 3 is 1.76 bits per heavy atom. The van der Waals surface area contributed by atoms with Crippen molar-refractivity contribution < 1.29 is 36.1 Å². The molecule has 0 aromatic heterocycles. The summed E-state index contributed by atoms with van der Waals surface area (Å²) in [5.41, 5.74) is 0.0154. The van der Waals surface area contributed by atoms with E-state index < -0.39 is 5.60 Å². The maximum absolute atomic E-state index is 10.1. The fourth-order valence-corrected chi connectivity index (χ4v) is 1.23. The molecule has 0 unspecified atom stereocenters. The monoisotopic (exact) mass is 328 g/mol. The van der Waals surface area contributed by atoms with Crippen LogP contribution >= 0.6 is 0 Å². The van der Waals surface area contributed by atoms with E-state index in [2.05, 4.69) is 20.0 Å². The Morgan fingerprint density at radius 1 is 0.952 bits per heavy atom. The third kappa shape index (κ3) is 15.1. The summed E-state index contributed by atoms with van der Waals surface area (Å²) < 4.78 is 22.5. The van der Waals surface area contributed by atoms with Gasteiger partial charge in [-0.1, -0.05) is 37.3 Å². The molecule has 1 atom stereocenters. The van der Waals surface area contributed by atoms with Crippen molar-refractivity contribution in [3.8, 4) is 0 Å². The predicted molar refractivity (Wildman–Crippen MR) is 70.7 cm³/mol. The maximum Gasteiger partial charge on any atom is 0 e. The largest absolute Gasteiger partial charge is 0 e. The maximum atomic E-state index is 10.1. The van der Waals surface area contributed by atoms with Gasteiger partial charge in [-0.05, 0) is 31.7 Å². The fourth-order valence-electron chi connectivity index (χ4n) is 1.23. The van der Waals surface area contributed by atoms with Crippen molar-refractivity contribution in [2.24, 2.45) is 0 Å². The van der Waals surface area contributed by atoms with Gasteiger partial charge in [0.1, 0.15) is 0 Å². The first-order valence-electron chi connectivity index (χ1n) is 5.36.